The number of carbonyl (C=O) groups excluding carboxylic acids is 1. The number of ether oxygens (including phenoxy) is 1. The lowest BCUT2D eigenvalue weighted by Crippen LogP contribution is -2.30. The fourth-order valence-electron chi connectivity index (χ4n) is 1.95. The Morgan fingerprint density at radius 3 is 2.79 bits per heavy atom. The molecule has 1 fully saturated rings. The molecule has 0 aliphatic heterocycles. The van der Waals surface area contributed by atoms with Gasteiger partial charge in [-0.15, -0.1) is 0 Å². The number of carbonyl (C=O) groups is 1. The van der Waals surface area contributed by atoms with Gasteiger partial charge in [0, 0.05) is 6.04 Å². The van der Waals surface area contributed by atoms with E-state index in [9.17, 15) is 9.90 Å². The van der Waals surface area contributed by atoms with Crippen molar-refractivity contribution in [2.24, 2.45) is 0 Å². The van der Waals surface area contributed by atoms with Crippen molar-refractivity contribution in [3.05, 3.63) is 36.4 Å². The highest BCUT2D eigenvalue weighted by Gasteiger charge is 2.23. The monoisotopic (exact) mass is 257 g/mol. The summed E-state index contributed by atoms with van der Waals surface area (Å²) in [5.74, 6) is 0.763. The fraction of sp³-hybridized carbons (Fsp3) is 0.267. The van der Waals surface area contributed by atoms with Crippen LogP contribution in [0.4, 0.5) is 0 Å². The van der Waals surface area contributed by atoms with E-state index in [1.54, 1.807) is 12.1 Å². The minimum absolute atomic E-state index is 0.0286. The van der Waals surface area contributed by atoms with Gasteiger partial charge in [0.05, 0.1) is 0 Å². The van der Waals surface area contributed by atoms with Gasteiger partial charge < -0.3 is 15.2 Å². The van der Waals surface area contributed by atoms with E-state index in [-0.39, 0.29) is 18.3 Å². The molecule has 19 heavy (non-hydrogen) atoms. The first kappa shape index (κ1) is 11.8. The number of aromatic hydroxyl groups is 1. The number of hydrogen-bond donors (Lipinski definition) is 2. The van der Waals surface area contributed by atoms with Gasteiger partial charge >= 0.3 is 0 Å². The van der Waals surface area contributed by atoms with Crippen molar-refractivity contribution in [2.75, 3.05) is 6.61 Å². The van der Waals surface area contributed by atoms with Crippen LogP contribution in [0.1, 0.15) is 12.8 Å². The molecule has 0 atom stereocenters. The van der Waals surface area contributed by atoms with Crippen LogP contribution in [0.3, 0.4) is 0 Å². The first-order valence-electron chi connectivity index (χ1n) is 6.36. The summed E-state index contributed by atoms with van der Waals surface area (Å²) in [5, 5.41) is 14.2. The minimum atomic E-state index is -0.0847. The molecule has 2 N–H and O–H groups in total. The lowest BCUT2D eigenvalue weighted by atomic mass is 10.1. The van der Waals surface area contributed by atoms with Crippen LogP contribution in [0.5, 0.6) is 11.5 Å². The number of benzene rings is 2. The zero-order valence-corrected chi connectivity index (χ0v) is 10.4. The van der Waals surface area contributed by atoms with Crippen LogP contribution in [0.25, 0.3) is 10.8 Å². The van der Waals surface area contributed by atoms with Gasteiger partial charge in [-0.3, -0.25) is 4.79 Å². The summed E-state index contributed by atoms with van der Waals surface area (Å²) in [6.07, 6.45) is 2.14. The van der Waals surface area contributed by atoms with Gasteiger partial charge in [-0.2, -0.15) is 0 Å². The second-order valence-corrected chi connectivity index (χ2v) is 4.82. The number of nitrogens with one attached hydrogen (secondary N) is 1. The molecule has 98 valence electrons. The summed E-state index contributed by atoms with van der Waals surface area (Å²) in [5.41, 5.74) is 0. The topological polar surface area (TPSA) is 58.6 Å². The van der Waals surface area contributed by atoms with E-state index in [2.05, 4.69) is 5.32 Å². The van der Waals surface area contributed by atoms with Gasteiger partial charge in [0.2, 0.25) is 0 Å². The highest BCUT2D eigenvalue weighted by molar-refractivity contribution is 5.85. The highest BCUT2D eigenvalue weighted by atomic mass is 16.5. The number of amides is 1. The van der Waals surface area contributed by atoms with Crippen molar-refractivity contribution in [3.63, 3.8) is 0 Å². The molecule has 1 aliphatic carbocycles. The van der Waals surface area contributed by atoms with Crippen LogP contribution < -0.4 is 10.1 Å². The molecule has 2 aromatic rings. The van der Waals surface area contributed by atoms with Crippen LogP contribution in [0.15, 0.2) is 36.4 Å². The van der Waals surface area contributed by atoms with E-state index < -0.39 is 0 Å². The van der Waals surface area contributed by atoms with Crippen molar-refractivity contribution in [2.45, 2.75) is 18.9 Å². The Hall–Kier alpha value is -2.23. The SMILES string of the molecule is O=C(COc1ccc2ccc(O)cc2c1)NC1CC1. The first-order valence-corrected chi connectivity index (χ1v) is 6.36. The van der Waals surface area contributed by atoms with Gasteiger partial charge in [-0.05, 0) is 47.9 Å². The molecule has 2 aromatic carbocycles. The minimum Gasteiger partial charge on any atom is -0.508 e. The molecule has 0 heterocycles. The molecular weight excluding hydrogens is 242 g/mol. The van der Waals surface area contributed by atoms with Gasteiger partial charge in [0.25, 0.3) is 5.91 Å². The van der Waals surface area contributed by atoms with E-state index in [1.165, 1.54) is 0 Å². The normalized spacial score (nSPS) is 14.3. The number of phenols is 1. The Kier molecular flexibility index (Phi) is 2.99. The Morgan fingerprint density at radius 1 is 1.21 bits per heavy atom. The summed E-state index contributed by atoms with van der Waals surface area (Å²) in [7, 11) is 0. The average molecular weight is 257 g/mol. The summed E-state index contributed by atoms with van der Waals surface area (Å²) in [4.78, 5) is 11.5. The molecule has 0 aromatic heterocycles. The predicted octanol–water partition coefficient (Wildman–Crippen LogP) is 2.20. The highest BCUT2D eigenvalue weighted by Crippen LogP contribution is 2.24. The number of fused-ring (bicyclic) bond motifs is 1. The molecule has 3 rings (SSSR count). The first-order chi connectivity index (χ1) is 9.20. The number of hydrogen-bond acceptors (Lipinski definition) is 3. The Morgan fingerprint density at radius 2 is 2.00 bits per heavy atom. The fourth-order valence-corrected chi connectivity index (χ4v) is 1.95. The Bertz CT molecular complexity index is 620. The molecule has 0 unspecified atom stereocenters. The van der Waals surface area contributed by atoms with Crippen LogP contribution >= 0.6 is 0 Å². The lowest BCUT2D eigenvalue weighted by Gasteiger charge is -2.07. The van der Waals surface area contributed by atoms with Gasteiger partial charge in [-0.1, -0.05) is 12.1 Å². The molecule has 0 spiro atoms. The molecule has 1 amide bonds. The zero-order valence-electron chi connectivity index (χ0n) is 10.4. The molecule has 4 nitrogen and oxygen atoms in total. The lowest BCUT2D eigenvalue weighted by molar-refractivity contribution is -0.123. The molecule has 0 bridgehead atoms. The Balaban J connectivity index is 1.68. The summed E-state index contributed by atoms with van der Waals surface area (Å²) >= 11 is 0. The Labute approximate surface area is 111 Å². The average Bonchev–Trinajstić information content (AvgIpc) is 3.19. The van der Waals surface area contributed by atoms with E-state index in [0.29, 0.717) is 11.8 Å². The van der Waals surface area contributed by atoms with Crippen molar-refractivity contribution >= 4 is 16.7 Å². The van der Waals surface area contributed by atoms with Crippen LogP contribution in [-0.2, 0) is 4.79 Å². The smallest absolute Gasteiger partial charge is 0.258 e. The maximum absolute atomic E-state index is 11.5. The summed E-state index contributed by atoms with van der Waals surface area (Å²) < 4.78 is 5.45. The quantitative estimate of drug-likeness (QED) is 0.882. The van der Waals surface area contributed by atoms with Crippen LogP contribution in [0.2, 0.25) is 0 Å². The molecule has 4 heteroatoms. The molecular formula is C15H15NO3. The predicted molar refractivity (Wildman–Crippen MR) is 72.3 cm³/mol. The van der Waals surface area contributed by atoms with Gasteiger partial charge in [0.1, 0.15) is 11.5 Å². The van der Waals surface area contributed by atoms with E-state index in [0.717, 1.165) is 23.6 Å². The third-order valence-corrected chi connectivity index (χ3v) is 3.11. The van der Waals surface area contributed by atoms with Crippen molar-refractivity contribution in [1.82, 2.24) is 5.32 Å². The van der Waals surface area contributed by atoms with Crippen molar-refractivity contribution in [1.29, 1.82) is 0 Å². The standard InChI is InChI=1S/C15H15NO3/c17-13-5-1-10-2-6-14(8-11(10)7-13)19-9-15(18)16-12-3-4-12/h1-2,5-8,12,17H,3-4,9H2,(H,16,18). The van der Waals surface area contributed by atoms with Crippen LogP contribution in [-0.4, -0.2) is 23.7 Å². The maximum Gasteiger partial charge on any atom is 0.258 e. The molecule has 1 saturated carbocycles. The van der Waals surface area contributed by atoms with Crippen molar-refractivity contribution in [3.8, 4) is 11.5 Å². The van der Waals surface area contributed by atoms with Gasteiger partial charge in [0.15, 0.2) is 6.61 Å². The maximum atomic E-state index is 11.5. The van der Waals surface area contributed by atoms with E-state index in [4.69, 9.17) is 4.74 Å². The number of rotatable bonds is 4. The largest absolute Gasteiger partial charge is 0.508 e. The molecule has 1 aliphatic rings. The van der Waals surface area contributed by atoms with E-state index in [1.807, 2.05) is 24.3 Å². The molecule has 0 saturated heterocycles. The third-order valence-electron chi connectivity index (χ3n) is 3.11. The summed E-state index contributed by atoms with van der Waals surface area (Å²) in [6, 6.07) is 11.1. The van der Waals surface area contributed by atoms with E-state index >= 15 is 0 Å². The third kappa shape index (κ3) is 2.96. The number of phenolic OH excluding ortho intramolecular Hbond substituents is 1. The van der Waals surface area contributed by atoms with Crippen LogP contribution in [0, 0.1) is 0 Å². The second-order valence-electron chi connectivity index (χ2n) is 4.82. The van der Waals surface area contributed by atoms with Gasteiger partial charge in [-0.25, -0.2) is 0 Å². The van der Waals surface area contributed by atoms with Crippen molar-refractivity contribution < 1.29 is 14.6 Å². The summed E-state index contributed by atoms with van der Waals surface area (Å²) in [6.45, 7) is 0.0286. The zero-order chi connectivity index (χ0) is 13.2. The molecule has 0 radical (unpaired) electrons. The second kappa shape index (κ2) is 4.80.